The molecule has 0 bridgehead atoms. The summed E-state index contributed by atoms with van der Waals surface area (Å²) in [4.78, 5) is 6.04. The van der Waals surface area contributed by atoms with Crippen LogP contribution < -0.4 is 14.2 Å². The van der Waals surface area contributed by atoms with Crippen molar-refractivity contribution in [3.8, 4) is 11.5 Å². The maximum absolute atomic E-state index is 12.9. The van der Waals surface area contributed by atoms with Crippen LogP contribution in [-0.4, -0.2) is 46.7 Å². The lowest BCUT2D eigenvalue weighted by Crippen LogP contribution is -2.44. The first kappa shape index (κ1) is 23.9. The Balaban J connectivity index is 1.36. The van der Waals surface area contributed by atoms with Crippen LogP contribution in [0.4, 0.5) is 5.69 Å². The summed E-state index contributed by atoms with van der Waals surface area (Å²) in [5, 5.41) is 11.6. The molecule has 1 saturated heterocycles. The minimum absolute atomic E-state index is 0.0695. The monoisotopic (exact) mass is 529 g/mol. The van der Waals surface area contributed by atoms with Crippen LogP contribution in [0.5, 0.6) is 11.5 Å². The van der Waals surface area contributed by atoms with E-state index in [1.807, 2.05) is 13.0 Å². The van der Waals surface area contributed by atoms with Gasteiger partial charge in [0, 0.05) is 36.3 Å². The molecular weight excluding hydrogens is 506 g/mol. The van der Waals surface area contributed by atoms with Gasteiger partial charge >= 0.3 is 0 Å². The second kappa shape index (κ2) is 9.30. The Morgan fingerprint density at radius 2 is 1.89 bits per heavy atom. The van der Waals surface area contributed by atoms with Crippen LogP contribution in [0.1, 0.15) is 16.7 Å². The molecule has 1 fully saturated rings. The number of fused-ring (bicyclic) bond motifs is 1. The molecule has 35 heavy (non-hydrogen) atoms. The van der Waals surface area contributed by atoms with Crippen molar-refractivity contribution in [2.45, 2.75) is 24.1 Å². The second-order valence-corrected chi connectivity index (χ2v) is 11.5. The molecule has 8 nitrogen and oxygen atoms in total. The number of anilines is 1. The number of nitrogens with one attached hydrogen (secondary N) is 1. The first-order chi connectivity index (χ1) is 16.8. The summed E-state index contributed by atoms with van der Waals surface area (Å²) in [5.74, 6) is 1.29. The Morgan fingerprint density at radius 1 is 1.14 bits per heavy atom. The quantitative estimate of drug-likeness (QED) is 0.464. The number of aromatic nitrogens is 1. The fourth-order valence-electron chi connectivity index (χ4n) is 3.95. The molecule has 2 aliphatic heterocycles. The van der Waals surface area contributed by atoms with E-state index in [-0.39, 0.29) is 4.90 Å². The molecule has 0 radical (unpaired) electrons. The zero-order chi connectivity index (χ0) is 24.6. The van der Waals surface area contributed by atoms with Gasteiger partial charge in [0.1, 0.15) is 17.5 Å². The molecule has 0 saturated carbocycles. The van der Waals surface area contributed by atoms with Gasteiger partial charge in [0.2, 0.25) is 0 Å². The van der Waals surface area contributed by atoms with Gasteiger partial charge in [-0.25, -0.2) is 8.42 Å². The van der Waals surface area contributed by atoms with Crippen molar-refractivity contribution in [3.63, 3.8) is 0 Å². The molecule has 3 aromatic rings. The number of aryl methyl sites for hydroxylation is 1. The number of rotatable bonds is 6. The summed E-state index contributed by atoms with van der Waals surface area (Å²) in [6.45, 7) is 3.21. The van der Waals surface area contributed by atoms with E-state index in [9.17, 15) is 13.5 Å². The third-order valence-electron chi connectivity index (χ3n) is 5.96. The number of nitrogens with zero attached hydrogens (tertiary/aromatic N) is 2. The van der Waals surface area contributed by atoms with Gasteiger partial charge in [0.25, 0.3) is 10.0 Å². The molecule has 3 heterocycles. The molecule has 0 aliphatic carbocycles. The Hall–Kier alpha value is -2.86. The highest BCUT2D eigenvalue weighted by Gasteiger charge is 2.44. The van der Waals surface area contributed by atoms with Crippen LogP contribution in [0.3, 0.4) is 0 Å². The van der Waals surface area contributed by atoms with E-state index in [1.165, 1.54) is 23.9 Å². The standard InChI is InChI=1S/C24H23N3O5S3/c1-16-8-9-25-13-17(16)14-27-23(33)34-15-24(27,28)18-2-4-19(5-3-18)26-35(29,30)20-6-7-21-22(12-20)32-11-10-31-21/h2-9,12-13,26,28H,10-11,14-15H2,1H3. The van der Waals surface area contributed by atoms with Gasteiger partial charge in [-0.3, -0.25) is 9.71 Å². The van der Waals surface area contributed by atoms with E-state index in [0.29, 0.717) is 52.6 Å². The summed E-state index contributed by atoms with van der Waals surface area (Å²) < 4.78 is 40.0. The van der Waals surface area contributed by atoms with Gasteiger partial charge in [0.05, 0.1) is 10.6 Å². The number of pyridine rings is 1. The highest BCUT2D eigenvalue weighted by Crippen LogP contribution is 2.41. The lowest BCUT2D eigenvalue weighted by molar-refractivity contribution is -0.0509. The summed E-state index contributed by atoms with van der Waals surface area (Å²) in [7, 11) is -3.85. The van der Waals surface area contributed by atoms with Crippen molar-refractivity contribution in [2.24, 2.45) is 0 Å². The molecule has 2 aliphatic rings. The maximum Gasteiger partial charge on any atom is 0.262 e. The third-order valence-corrected chi connectivity index (χ3v) is 8.93. The van der Waals surface area contributed by atoms with E-state index in [1.54, 1.807) is 47.6 Å². The van der Waals surface area contributed by atoms with Crippen LogP contribution in [0.25, 0.3) is 0 Å². The second-order valence-electron chi connectivity index (χ2n) is 8.25. The highest BCUT2D eigenvalue weighted by molar-refractivity contribution is 8.23. The molecule has 0 spiro atoms. The summed E-state index contributed by atoms with van der Waals surface area (Å²) >= 11 is 6.93. The summed E-state index contributed by atoms with van der Waals surface area (Å²) in [5.41, 5.74) is 1.70. The number of sulfonamides is 1. The largest absolute Gasteiger partial charge is 0.486 e. The Morgan fingerprint density at radius 3 is 2.63 bits per heavy atom. The molecular formula is C24H23N3O5S3. The van der Waals surface area contributed by atoms with Crippen LogP contribution >= 0.6 is 24.0 Å². The zero-order valence-electron chi connectivity index (χ0n) is 18.8. The SMILES string of the molecule is Cc1ccncc1CN1C(=S)SCC1(O)c1ccc(NS(=O)(=O)c2ccc3c(c2)OCCO3)cc1. The van der Waals surface area contributed by atoms with E-state index in [2.05, 4.69) is 9.71 Å². The van der Waals surface area contributed by atoms with Gasteiger partial charge in [0.15, 0.2) is 17.2 Å². The lowest BCUT2D eigenvalue weighted by atomic mass is 10.0. The number of ether oxygens (including phenoxy) is 2. The molecule has 5 rings (SSSR count). The van der Waals surface area contributed by atoms with Crippen LogP contribution in [0.15, 0.2) is 65.8 Å². The molecule has 1 aromatic heterocycles. The number of hydrogen-bond acceptors (Lipinski definition) is 8. The van der Waals surface area contributed by atoms with Crippen molar-refractivity contribution in [2.75, 3.05) is 23.7 Å². The first-order valence-corrected chi connectivity index (χ1v) is 13.7. The molecule has 182 valence electrons. The number of thioether (sulfide) groups is 1. The Bertz CT molecular complexity index is 1380. The molecule has 1 atom stereocenters. The minimum atomic E-state index is -3.85. The Kier molecular flexibility index (Phi) is 6.34. The van der Waals surface area contributed by atoms with Gasteiger partial charge in [-0.05, 0) is 48.4 Å². The van der Waals surface area contributed by atoms with Crippen molar-refractivity contribution >= 4 is 44.0 Å². The molecule has 0 amide bonds. The number of hydrogen-bond donors (Lipinski definition) is 2. The summed E-state index contributed by atoms with van der Waals surface area (Å²) in [6, 6.07) is 13.1. The number of aliphatic hydroxyl groups is 1. The fraction of sp³-hybridized carbons (Fsp3) is 0.250. The van der Waals surface area contributed by atoms with E-state index in [0.717, 1.165) is 11.1 Å². The smallest absolute Gasteiger partial charge is 0.262 e. The van der Waals surface area contributed by atoms with Crippen molar-refractivity contribution in [1.82, 2.24) is 9.88 Å². The van der Waals surface area contributed by atoms with E-state index < -0.39 is 15.7 Å². The predicted molar refractivity (Wildman–Crippen MR) is 138 cm³/mol. The third kappa shape index (κ3) is 4.68. The van der Waals surface area contributed by atoms with Crippen LogP contribution in [-0.2, 0) is 22.3 Å². The predicted octanol–water partition coefficient (Wildman–Crippen LogP) is 3.64. The first-order valence-electron chi connectivity index (χ1n) is 10.9. The van der Waals surface area contributed by atoms with E-state index in [4.69, 9.17) is 21.7 Å². The van der Waals surface area contributed by atoms with Gasteiger partial charge in [-0.2, -0.15) is 0 Å². The molecule has 2 N–H and O–H groups in total. The van der Waals surface area contributed by atoms with Gasteiger partial charge < -0.3 is 19.5 Å². The molecule has 11 heteroatoms. The van der Waals surface area contributed by atoms with Crippen molar-refractivity contribution < 1.29 is 23.0 Å². The maximum atomic E-state index is 12.9. The molecule has 1 unspecified atom stereocenters. The normalized spacial score (nSPS) is 19.6. The van der Waals surface area contributed by atoms with Crippen molar-refractivity contribution in [3.05, 3.63) is 77.6 Å². The zero-order valence-corrected chi connectivity index (χ0v) is 21.3. The van der Waals surface area contributed by atoms with Crippen LogP contribution in [0.2, 0.25) is 0 Å². The lowest BCUT2D eigenvalue weighted by Gasteiger charge is -2.34. The number of benzene rings is 2. The van der Waals surface area contributed by atoms with Gasteiger partial charge in [-0.15, -0.1) is 0 Å². The average Bonchev–Trinajstić information content (AvgIpc) is 3.15. The summed E-state index contributed by atoms with van der Waals surface area (Å²) in [6.07, 6.45) is 3.50. The average molecular weight is 530 g/mol. The number of thiocarbonyl (C=S) groups is 1. The topological polar surface area (TPSA) is 101 Å². The van der Waals surface area contributed by atoms with Crippen LogP contribution in [0, 0.1) is 6.92 Å². The highest BCUT2D eigenvalue weighted by atomic mass is 32.2. The van der Waals surface area contributed by atoms with E-state index >= 15 is 0 Å². The fourth-order valence-corrected chi connectivity index (χ4v) is 6.43. The minimum Gasteiger partial charge on any atom is -0.486 e. The van der Waals surface area contributed by atoms with Crippen molar-refractivity contribution in [1.29, 1.82) is 0 Å². The Labute approximate surface area is 213 Å². The van der Waals surface area contributed by atoms with Gasteiger partial charge in [-0.1, -0.05) is 36.1 Å². The molecule has 2 aromatic carbocycles.